The molecule has 1 unspecified atom stereocenters. The lowest BCUT2D eigenvalue weighted by atomic mass is 10.2. The Bertz CT molecular complexity index is 274. The normalized spacial score (nSPS) is 30.8. The zero-order valence-electron chi connectivity index (χ0n) is 8.65. The van der Waals surface area contributed by atoms with E-state index in [0.29, 0.717) is 19.6 Å². The monoisotopic (exact) mass is 212 g/mol. The van der Waals surface area contributed by atoms with Gasteiger partial charge in [-0.1, -0.05) is 0 Å². The van der Waals surface area contributed by atoms with Crippen LogP contribution in [0.5, 0.6) is 0 Å². The van der Waals surface area contributed by atoms with Crippen molar-refractivity contribution >= 4 is 11.8 Å². The predicted octanol–water partition coefficient (Wildman–Crippen LogP) is -0.358. The summed E-state index contributed by atoms with van der Waals surface area (Å²) in [6.45, 7) is 1.28. The number of likely N-dealkylation sites (tertiary alicyclic amines) is 1. The average molecular weight is 212 g/mol. The fraction of sp³-hybridized carbons (Fsp3) is 0.800. The maximum atomic E-state index is 12.0. The zero-order chi connectivity index (χ0) is 10.8. The largest absolute Gasteiger partial charge is 0.368 e. The Labute approximate surface area is 88.5 Å². The Morgan fingerprint density at radius 3 is 2.67 bits per heavy atom. The fourth-order valence-electron chi connectivity index (χ4n) is 2.28. The van der Waals surface area contributed by atoms with Gasteiger partial charge in [0, 0.05) is 13.2 Å². The van der Waals surface area contributed by atoms with Gasteiger partial charge < -0.3 is 15.4 Å². The minimum Gasteiger partial charge on any atom is -0.368 e. The Kier molecular flexibility index (Phi) is 2.90. The first-order valence-corrected chi connectivity index (χ1v) is 5.41. The molecule has 2 fully saturated rings. The van der Waals surface area contributed by atoms with Crippen molar-refractivity contribution in [3.8, 4) is 0 Å². The summed E-state index contributed by atoms with van der Waals surface area (Å²) < 4.78 is 5.31. The summed E-state index contributed by atoms with van der Waals surface area (Å²) in [7, 11) is 0. The molecule has 2 N–H and O–H groups in total. The van der Waals surface area contributed by atoms with Crippen LogP contribution in [0.15, 0.2) is 0 Å². The summed E-state index contributed by atoms with van der Waals surface area (Å²) in [6.07, 6.45) is 2.89. The van der Waals surface area contributed by atoms with Gasteiger partial charge in [-0.05, 0) is 25.7 Å². The van der Waals surface area contributed by atoms with Gasteiger partial charge in [-0.15, -0.1) is 0 Å². The topological polar surface area (TPSA) is 72.6 Å². The van der Waals surface area contributed by atoms with Gasteiger partial charge >= 0.3 is 0 Å². The number of hydrogen-bond acceptors (Lipinski definition) is 3. The number of carbonyl (C=O) groups excluding carboxylic acids is 2. The third-order valence-corrected chi connectivity index (χ3v) is 3.07. The van der Waals surface area contributed by atoms with Crippen LogP contribution in [0, 0.1) is 0 Å². The van der Waals surface area contributed by atoms with Crippen LogP contribution in [0.2, 0.25) is 0 Å². The van der Waals surface area contributed by atoms with Crippen molar-refractivity contribution in [3.05, 3.63) is 0 Å². The Balaban J connectivity index is 2.02. The van der Waals surface area contributed by atoms with E-state index in [2.05, 4.69) is 0 Å². The van der Waals surface area contributed by atoms with E-state index in [0.717, 1.165) is 19.3 Å². The van der Waals surface area contributed by atoms with Crippen molar-refractivity contribution in [2.24, 2.45) is 5.73 Å². The first-order chi connectivity index (χ1) is 7.20. The first kappa shape index (κ1) is 10.4. The van der Waals surface area contributed by atoms with Crippen LogP contribution in [0.4, 0.5) is 0 Å². The number of rotatable bonds is 2. The van der Waals surface area contributed by atoms with Crippen LogP contribution < -0.4 is 5.73 Å². The molecular weight excluding hydrogens is 196 g/mol. The van der Waals surface area contributed by atoms with Gasteiger partial charge in [-0.3, -0.25) is 9.59 Å². The molecule has 84 valence electrons. The summed E-state index contributed by atoms with van der Waals surface area (Å²) in [5, 5.41) is 0. The molecule has 0 bridgehead atoms. The molecule has 0 aliphatic carbocycles. The molecule has 0 spiro atoms. The Hall–Kier alpha value is -1.10. The van der Waals surface area contributed by atoms with Crippen molar-refractivity contribution in [3.63, 3.8) is 0 Å². The van der Waals surface area contributed by atoms with E-state index >= 15 is 0 Å². The maximum Gasteiger partial charge on any atom is 0.252 e. The summed E-state index contributed by atoms with van der Waals surface area (Å²) in [5.74, 6) is -0.465. The van der Waals surface area contributed by atoms with Crippen molar-refractivity contribution < 1.29 is 14.3 Å². The molecule has 0 radical (unpaired) electrons. The molecule has 2 heterocycles. The van der Waals surface area contributed by atoms with Crippen molar-refractivity contribution in [1.82, 2.24) is 4.90 Å². The summed E-state index contributed by atoms with van der Waals surface area (Å²) >= 11 is 0. The van der Waals surface area contributed by atoms with Crippen LogP contribution in [0.3, 0.4) is 0 Å². The summed E-state index contributed by atoms with van der Waals surface area (Å²) in [5.41, 5.74) is 5.25. The molecule has 2 aliphatic rings. The van der Waals surface area contributed by atoms with Crippen LogP contribution in [-0.2, 0) is 14.3 Å². The van der Waals surface area contributed by atoms with E-state index in [1.165, 1.54) is 0 Å². The molecule has 0 aromatic rings. The molecule has 0 aromatic heterocycles. The van der Waals surface area contributed by atoms with Gasteiger partial charge in [0.2, 0.25) is 5.91 Å². The van der Waals surface area contributed by atoms with E-state index in [1.54, 1.807) is 4.90 Å². The number of hydrogen-bond donors (Lipinski definition) is 1. The molecule has 2 amide bonds. The molecule has 2 aliphatic heterocycles. The Morgan fingerprint density at radius 2 is 2.07 bits per heavy atom. The highest BCUT2D eigenvalue weighted by molar-refractivity contribution is 5.89. The second-order valence-corrected chi connectivity index (χ2v) is 4.09. The predicted molar refractivity (Wildman–Crippen MR) is 52.9 cm³/mol. The average Bonchev–Trinajstić information content (AvgIpc) is 2.88. The molecular formula is C10H16N2O3. The minimum absolute atomic E-state index is 0.0613. The molecule has 0 aromatic carbocycles. The highest BCUT2D eigenvalue weighted by atomic mass is 16.5. The first-order valence-electron chi connectivity index (χ1n) is 5.41. The van der Waals surface area contributed by atoms with Crippen molar-refractivity contribution in [1.29, 1.82) is 0 Å². The molecule has 15 heavy (non-hydrogen) atoms. The van der Waals surface area contributed by atoms with Gasteiger partial charge in [0.15, 0.2) is 0 Å². The number of amides is 2. The van der Waals surface area contributed by atoms with Crippen LogP contribution >= 0.6 is 0 Å². The van der Waals surface area contributed by atoms with Crippen molar-refractivity contribution in [2.75, 3.05) is 13.2 Å². The lowest BCUT2D eigenvalue weighted by Crippen LogP contribution is -2.47. The quantitative estimate of drug-likeness (QED) is 0.679. The van der Waals surface area contributed by atoms with E-state index in [1.807, 2.05) is 0 Å². The van der Waals surface area contributed by atoms with E-state index < -0.39 is 11.9 Å². The maximum absolute atomic E-state index is 12.0. The lowest BCUT2D eigenvalue weighted by molar-refractivity contribution is -0.145. The lowest BCUT2D eigenvalue weighted by Gasteiger charge is -2.24. The molecule has 5 heteroatoms. The highest BCUT2D eigenvalue weighted by Gasteiger charge is 2.37. The zero-order valence-corrected chi connectivity index (χ0v) is 8.65. The van der Waals surface area contributed by atoms with Gasteiger partial charge in [-0.2, -0.15) is 0 Å². The molecule has 5 nitrogen and oxygen atoms in total. The van der Waals surface area contributed by atoms with E-state index in [4.69, 9.17) is 10.5 Å². The number of nitrogens with two attached hydrogens (primary N) is 1. The number of ether oxygens (including phenoxy) is 1. The van der Waals surface area contributed by atoms with E-state index in [9.17, 15) is 9.59 Å². The number of primary amides is 1. The molecule has 2 atom stereocenters. The minimum atomic E-state index is -0.415. The molecule has 2 rings (SSSR count). The second-order valence-electron chi connectivity index (χ2n) is 4.09. The van der Waals surface area contributed by atoms with Gasteiger partial charge in [0.1, 0.15) is 12.1 Å². The standard InChI is InChI=1S/C10H16N2O3/c11-9(13)7-3-1-5-12(7)10(14)8-4-2-6-15-8/h7-8H,1-6H2,(H2,11,13)/t7-,8?/m0/s1. The third-order valence-electron chi connectivity index (χ3n) is 3.07. The SMILES string of the molecule is NC(=O)[C@@H]1CCCN1C(=O)C1CCCO1. The summed E-state index contributed by atoms with van der Waals surface area (Å²) in [6, 6.07) is -0.415. The second kappa shape index (κ2) is 4.18. The molecule has 2 saturated heterocycles. The van der Waals surface area contributed by atoms with E-state index in [-0.39, 0.29) is 12.0 Å². The Morgan fingerprint density at radius 1 is 1.27 bits per heavy atom. The van der Waals surface area contributed by atoms with Crippen LogP contribution in [0.1, 0.15) is 25.7 Å². The van der Waals surface area contributed by atoms with Crippen LogP contribution in [0.25, 0.3) is 0 Å². The van der Waals surface area contributed by atoms with Gasteiger partial charge in [0.25, 0.3) is 5.91 Å². The number of nitrogens with zero attached hydrogens (tertiary/aromatic N) is 1. The van der Waals surface area contributed by atoms with Crippen LogP contribution in [-0.4, -0.2) is 42.0 Å². The molecule has 0 saturated carbocycles. The highest BCUT2D eigenvalue weighted by Crippen LogP contribution is 2.22. The van der Waals surface area contributed by atoms with Gasteiger partial charge in [0.05, 0.1) is 0 Å². The van der Waals surface area contributed by atoms with Crippen molar-refractivity contribution in [2.45, 2.75) is 37.8 Å². The third kappa shape index (κ3) is 1.97. The number of carbonyl (C=O) groups is 2. The smallest absolute Gasteiger partial charge is 0.252 e. The van der Waals surface area contributed by atoms with Gasteiger partial charge in [-0.25, -0.2) is 0 Å². The summed E-state index contributed by atoms with van der Waals surface area (Å²) in [4.78, 5) is 24.7. The fourth-order valence-corrected chi connectivity index (χ4v) is 2.28.